The summed E-state index contributed by atoms with van der Waals surface area (Å²) in [4.78, 5) is 5.44. The van der Waals surface area contributed by atoms with Crippen LogP contribution in [0.2, 0.25) is 0 Å². The third-order valence-corrected chi connectivity index (χ3v) is 15.1. The first-order valence-electron chi connectivity index (χ1n) is 21.4. The lowest BCUT2D eigenvalue weighted by molar-refractivity contribution is 0.590. The Morgan fingerprint density at radius 2 is 1.08 bits per heavy atom. The highest BCUT2D eigenvalue weighted by Crippen LogP contribution is 2.53. The molecule has 5 heterocycles. The van der Waals surface area contributed by atoms with Gasteiger partial charge < -0.3 is 9.71 Å². The van der Waals surface area contributed by atoms with Gasteiger partial charge in [0.05, 0.1) is 5.69 Å². The summed E-state index contributed by atoms with van der Waals surface area (Å²) in [6.07, 6.45) is 0. The molecular weight excluding hydrogens is 730 g/mol. The first-order chi connectivity index (χ1) is 28.2. The smallest absolute Gasteiger partial charge is 0.329 e. The van der Waals surface area contributed by atoms with Crippen molar-refractivity contribution in [1.82, 2.24) is 0 Å². The second kappa shape index (κ2) is 11.6. The highest BCUT2D eigenvalue weighted by Gasteiger charge is 2.53. The fourth-order valence-corrected chi connectivity index (χ4v) is 12.1. The Morgan fingerprint density at radius 1 is 0.475 bits per heavy atom. The van der Waals surface area contributed by atoms with Crippen LogP contribution in [-0.4, -0.2) is 13.6 Å². The second-order valence-electron chi connectivity index (χ2n) is 20.6. The molecule has 0 aliphatic carbocycles. The van der Waals surface area contributed by atoms with Gasteiger partial charge in [0, 0.05) is 48.7 Å². The van der Waals surface area contributed by atoms with Crippen molar-refractivity contribution in [3.63, 3.8) is 0 Å². The maximum atomic E-state index is 2.82. The summed E-state index contributed by atoms with van der Waals surface area (Å²) >= 11 is 2.00. The number of nitrogens with zero attached hydrogens (tertiary/aromatic N) is 2. The molecule has 7 aromatic carbocycles. The van der Waals surface area contributed by atoms with Crippen LogP contribution in [0.15, 0.2) is 127 Å². The highest BCUT2D eigenvalue weighted by atomic mass is 32.1. The molecule has 2 nitrogen and oxygen atoms in total. The summed E-state index contributed by atoms with van der Waals surface area (Å²) in [6.45, 7) is 21.4. The van der Waals surface area contributed by atoms with Crippen LogP contribution in [0.4, 0.5) is 28.4 Å². The lowest BCUT2D eigenvalue weighted by atomic mass is 9.32. The molecule has 0 radical (unpaired) electrons. The zero-order valence-corrected chi connectivity index (χ0v) is 36.4. The Bertz CT molecular complexity index is 3150. The Hall–Kier alpha value is -5.51. The molecule has 0 saturated heterocycles. The number of anilines is 5. The van der Waals surface area contributed by atoms with Crippen LogP contribution in [-0.2, 0) is 16.2 Å². The third-order valence-electron chi connectivity index (χ3n) is 13.9. The Labute approximate surface area is 353 Å². The van der Waals surface area contributed by atoms with Crippen LogP contribution >= 0.6 is 11.3 Å². The average molecular weight is 779 g/mol. The maximum Gasteiger partial charge on any atom is 0.329 e. The van der Waals surface area contributed by atoms with Crippen molar-refractivity contribution in [2.75, 3.05) is 9.71 Å². The minimum absolute atomic E-state index is 0.0144. The number of fused-ring (bicyclic) bond motifs is 12. The molecule has 4 aliphatic rings. The van der Waals surface area contributed by atoms with Gasteiger partial charge in [-0.1, -0.05) is 159 Å². The molecule has 5 heteroatoms. The molecule has 0 fully saturated rings. The minimum Gasteiger partial charge on any atom is -0.377 e. The van der Waals surface area contributed by atoms with Gasteiger partial charge in [0.1, 0.15) is 0 Å². The van der Waals surface area contributed by atoms with E-state index in [9.17, 15) is 0 Å². The van der Waals surface area contributed by atoms with Gasteiger partial charge in [0.15, 0.2) is 0 Å². The fraction of sp³-hybridized carbons (Fsp3) is 0.222. The molecule has 286 valence electrons. The average Bonchev–Trinajstić information content (AvgIpc) is 3.59. The van der Waals surface area contributed by atoms with Crippen molar-refractivity contribution in [3.05, 3.63) is 144 Å². The van der Waals surface area contributed by atoms with E-state index in [1.165, 1.54) is 115 Å². The van der Waals surface area contributed by atoms with Crippen LogP contribution in [0, 0.1) is 0 Å². The van der Waals surface area contributed by atoms with Crippen molar-refractivity contribution in [1.29, 1.82) is 0 Å². The van der Waals surface area contributed by atoms with Gasteiger partial charge in [0.2, 0.25) is 0 Å². The number of hydrogen-bond acceptors (Lipinski definition) is 3. The summed E-state index contributed by atoms with van der Waals surface area (Å²) in [5, 5.41) is 3.85. The van der Waals surface area contributed by atoms with Gasteiger partial charge in [-0.15, -0.1) is 11.3 Å². The Kier molecular flexibility index (Phi) is 6.97. The van der Waals surface area contributed by atoms with E-state index in [-0.39, 0.29) is 29.8 Å². The second-order valence-corrected chi connectivity index (χ2v) is 21.7. The first kappa shape index (κ1) is 35.4. The molecule has 0 spiro atoms. The first-order valence-corrected chi connectivity index (χ1v) is 22.2. The molecule has 0 amide bonds. The Morgan fingerprint density at radius 3 is 1.78 bits per heavy atom. The van der Waals surface area contributed by atoms with Crippen LogP contribution in [0.1, 0.15) is 79.0 Å². The van der Waals surface area contributed by atoms with E-state index in [2.05, 4.69) is 199 Å². The van der Waals surface area contributed by atoms with Crippen molar-refractivity contribution in [2.24, 2.45) is 0 Å². The van der Waals surface area contributed by atoms with Gasteiger partial charge in [-0.3, -0.25) is 0 Å². The highest BCUT2D eigenvalue weighted by molar-refractivity contribution is 7.34. The predicted molar refractivity (Wildman–Crippen MR) is 259 cm³/mol. The molecule has 0 bridgehead atoms. The monoisotopic (exact) mass is 778 g/mol. The van der Waals surface area contributed by atoms with Crippen molar-refractivity contribution >= 4 is 101 Å². The molecule has 0 N–H and O–H groups in total. The lowest BCUT2D eigenvalue weighted by Gasteiger charge is -2.51. The molecule has 0 saturated carbocycles. The molecule has 8 aromatic rings. The number of rotatable bonds is 1. The van der Waals surface area contributed by atoms with E-state index in [4.69, 9.17) is 0 Å². The van der Waals surface area contributed by atoms with Crippen molar-refractivity contribution in [3.8, 4) is 22.3 Å². The van der Waals surface area contributed by atoms with Gasteiger partial charge in [0.25, 0.3) is 6.71 Å². The summed E-state index contributed by atoms with van der Waals surface area (Å²) in [7, 11) is 0. The van der Waals surface area contributed by atoms with E-state index in [1.54, 1.807) is 0 Å². The van der Waals surface area contributed by atoms with Gasteiger partial charge in [-0.2, -0.15) is 0 Å². The predicted octanol–water partition coefficient (Wildman–Crippen LogP) is 11.5. The third kappa shape index (κ3) is 4.83. The van der Waals surface area contributed by atoms with E-state index < -0.39 is 0 Å². The SMILES string of the molecule is CC(C)(C)c1ccc2c(c1)B1c3cc(C(C)(C)C)ccc3-c3ccc4c5c3N1c1c(cc(C(C)(C)C)cc1-2)B5c1sc2ccccc2c1N4c1ccc2ccccc2c1. The normalized spacial score (nSPS) is 14.7. The lowest BCUT2D eigenvalue weighted by Crippen LogP contribution is -2.69. The molecule has 0 unspecified atom stereocenters. The van der Waals surface area contributed by atoms with Crippen LogP contribution in [0.25, 0.3) is 43.1 Å². The summed E-state index contributed by atoms with van der Waals surface area (Å²) in [6, 6.07) is 49.9. The number of hydrogen-bond donors (Lipinski definition) is 0. The molecule has 4 aliphatic heterocycles. The van der Waals surface area contributed by atoms with Crippen LogP contribution in [0.3, 0.4) is 0 Å². The molecule has 59 heavy (non-hydrogen) atoms. The zero-order valence-electron chi connectivity index (χ0n) is 35.6. The van der Waals surface area contributed by atoms with E-state index in [1.807, 2.05) is 11.3 Å². The van der Waals surface area contributed by atoms with Crippen molar-refractivity contribution < 1.29 is 0 Å². The minimum atomic E-state index is -0.0380. The van der Waals surface area contributed by atoms with Crippen LogP contribution < -0.4 is 36.3 Å². The van der Waals surface area contributed by atoms with E-state index in [0.29, 0.717) is 0 Å². The largest absolute Gasteiger partial charge is 0.377 e. The van der Waals surface area contributed by atoms with Gasteiger partial charge in [-0.05, 0) is 107 Å². The summed E-state index contributed by atoms with van der Waals surface area (Å²) < 4.78 is 2.78. The Balaban J connectivity index is 1.26. The molecule has 0 atom stereocenters. The molecule has 1 aromatic heterocycles. The van der Waals surface area contributed by atoms with E-state index >= 15 is 0 Å². The standard InChI is InChI=1S/C54H48B2N2S/c1-52(2,3)33-19-22-37-39-24-25-45-47-49(39)58-48-41(38-23-20-34(53(4,5)6)29-43(38)56(58)42(37)28-33)27-35(54(7,8)9)30-44(48)55(47)51-50(40-16-12-13-17-46(40)59-51)57(45)36-21-18-31-14-10-11-15-32(31)26-36/h10-30H,1-9H3. The molecule has 12 rings (SSSR count). The number of benzene rings is 7. The van der Waals surface area contributed by atoms with E-state index in [0.717, 1.165) is 0 Å². The molecular formula is C54H48B2N2S. The van der Waals surface area contributed by atoms with Crippen molar-refractivity contribution in [2.45, 2.75) is 78.6 Å². The summed E-state index contributed by atoms with van der Waals surface area (Å²) in [5.41, 5.74) is 21.9. The fourth-order valence-electron chi connectivity index (χ4n) is 10.8. The van der Waals surface area contributed by atoms with Gasteiger partial charge in [-0.25, -0.2) is 0 Å². The van der Waals surface area contributed by atoms with Gasteiger partial charge >= 0.3 is 6.85 Å². The summed E-state index contributed by atoms with van der Waals surface area (Å²) in [5.74, 6) is 0. The topological polar surface area (TPSA) is 6.48 Å². The van der Waals surface area contributed by atoms with Crippen LogP contribution in [0.5, 0.6) is 0 Å². The zero-order chi connectivity index (χ0) is 40.5. The quantitative estimate of drug-likeness (QED) is 0.153. The maximum absolute atomic E-state index is 2.82. The number of thiophene rings is 1.